The molecule has 0 aliphatic carbocycles. The highest BCUT2D eigenvalue weighted by Gasteiger charge is 2.28. The summed E-state index contributed by atoms with van der Waals surface area (Å²) in [6.07, 6.45) is 2.72. The molecule has 1 aliphatic rings. The van der Waals surface area contributed by atoms with Crippen molar-refractivity contribution in [1.29, 1.82) is 0 Å². The average molecular weight is 242 g/mol. The minimum atomic E-state index is 0.118. The number of rotatable bonds is 5. The number of carbonyl (C=O) groups excluding carboxylic acids is 1. The van der Waals surface area contributed by atoms with E-state index < -0.39 is 0 Å². The third-order valence-corrected chi connectivity index (χ3v) is 3.47. The summed E-state index contributed by atoms with van der Waals surface area (Å²) < 4.78 is 0. The third-order valence-electron chi connectivity index (χ3n) is 3.47. The Morgan fingerprint density at radius 1 is 1.47 bits per heavy atom. The molecule has 1 heterocycles. The van der Waals surface area contributed by atoms with Gasteiger partial charge in [-0.05, 0) is 40.0 Å². The van der Waals surface area contributed by atoms with Crippen LogP contribution in [0.1, 0.15) is 40.0 Å². The Kier molecular flexibility index (Phi) is 5.92. The van der Waals surface area contributed by atoms with E-state index in [1.54, 1.807) is 0 Å². The van der Waals surface area contributed by atoms with Gasteiger partial charge in [0.15, 0.2) is 0 Å². The van der Waals surface area contributed by atoms with Crippen molar-refractivity contribution in [3.05, 3.63) is 0 Å². The van der Waals surface area contributed by atoms with Gasteiger partial charge in [-0.1, -0.05) is 0 Å². The highest BCUT2D eigenvalue weighted by Crippen LogP contribution is 2.18. The van der Waals surface area contributed by atoms with Crippen LogP contribution in [0.3, 0.4) is 0 Å². The number of piperidine rings is 1. The predicted molar refractivity (Wildman–Crippen MR) is 68.7 cm³/mol. The topological polar surface area (TPSA) is 52.6 Å². The number of hydrogen-bond acceptors (Lipinski definition) is 3. The second-order valence-electron chi connectivity index (χ2n) is 5.29. The minimum absolute atomic E-state index is 0.118. The molecule has 4 heteroatoms. The molecule has 1 amide bonds. The van der Waals surface area contributed by atoms with Crippen molar-refractivity contribution in [3.63, 3.8) is 0 Å². The SMILES string of the molecule is CC1CCC(C(=O)N(CCCO)C(C)C)CN1. The van der Waals surface area contributed by atoms with Gasteiger partial charge in [0.2, 0.25) is 5.91 Å². The summed E-state index contributed by atoms with van der Waals surface area (Å²) >= 11 is 0. The number of carbonyl (C=O) groups is 1. The standard InChI is InChI=1S/C13H26N2O2/c1-10(2)15(7-4-8-16)13(17)12-6-5-11(3)14-9-12/h10-12,14,16H,4-9H2,1-3H3. The zero-order chi connectivity index (χ0) is 12.8. The smallest absolute Gasteiger partial charge is 0.227 e. The van der Waals surface area contributed by atoms with Crippen LogP contribution in [0.15, 0.2) is 0 Å². The fourth-order valence-corrected chi connectivity index (χ4v) is 2.31. The monoisotopic (exact) mass is 242 g/mol. The van der Waals surface area contributed by atoms with Crippen molar-refractivity contribution in [1.82, 2.24) is 10.2 Å². The van der Waals surface area contributed by atoms with Gasteiger partial charge >= 0.3 is 0 Å². The zero-order valence-corrected chi connectivity index (χ0v) is 11.3. The fraction of sp³-hybridized carbons (Fsp3) is 0.923. The molecule has 0 aromatic carbocycles. The Hall–Kier alpha value is -0.610. The van der Waals surface area contributed by atoms with Crippen molar-refractivity contribution in [2.75, 3.05) is 19.7 Å². The quantitative estimate of drug-likeness (QED) is 0.756. The number of aliphatic hydroxyl groups excluding tert-OH is 1. The Labute approximate surface area is 104 Å². The Morgan fingerprint density at radius 2 is 2.18 bits per heavy atom. The number of nitrogens with zero attached hydrogens (tertiary/aromatic N) is 1. The average Bonchev–Trinajstić information content (AvgIpc) is 2.29. The molecule has 0 spiro atoms. The van der Waals surface area contributed by atoms with Crippen LogP contribution >= 0.6 is 0 Å². The lowest BCUT2D eigenvalue weighted by Crippen LogP contribution is -2.48. The van der Waals surface area contributed by atoms with Crippen molar-refractivity contribution < 1.29 is 9.90 Å². The van der Waals surface area contributed by atoms with Gasteiger partial charge in [0, 0.05) is 31.8 Å². The number of hydrogen-bond donors (Lipinski definition) is 2. The molecule has 17 heavy (non-hydrogen) atoms. The molecular formula is C13H26N2O2. The summed E-state index contributed by atoms with van der Waals surface area (Å²) in [4.78, 5) is 14.3. The van der Waals surface area contributed by atoms with Gasteiger partial charge in [0.1, 0.15) is 0 Å². The number of aliphatic hydroxyl groups is 1. The van der Waals surface area contributed by atoms with Crippen molar-refractivity contribution in [2.24, 2.45) is 5.92 Å². The van der Waals surface area contributed by atoms with Gasteiger partial charge in [-0.2, -0.15) is 0 Å². The fourth-order valence-electron chi connectivity index (χ4n) is 2.31. The third kappa shape index (κ3) is 4.28. The summed E-state index contributed by atoms with van der Waals surface area (Å²) in [5, 5.41) is 12.2. The molecule has 0 saturated carbocycles. The van der Waals surface area contributed by atoms with Crippen molar-refractivity contribution >= 4 is 5.91 Å². The van der Waals surface area contributed by atoms with Gasteiger partial charge in [-0.25, -0.2) is 0 Å². The molecule has 0 aromatic rings. The van der Waals surface area contributed by atoms with Gasteiger partial charge < -0.3 is 15.3 Å². The van der Waals surface area contributed by atoms with E-state index in [-0.39, 0.29) is 24.5 Å². The van der Waals surface area contributed by atoms with Gasteiger partial charge in [-0.15, -0.1) is 0 Å². The summed E-state index contributed by atoms with van der Waals surface area (Å²) in [7, 11) is 0. The highest BCUT2D eigenvalue weighted by atomic mass is 16.3. The molecule has 0 aromatic heterocycles. The van der Waals surface area contributed by atoms with Crippen molar-refractivity contribution in [2.45, 2.75) is 52.1 Å². The van der Waals surface area contributed by atoms with Gasteiger partial charge in [-0.3, -0.25) is 4.79 Å². The molecule has 2 N–H and O–H groups in total. The summed E-state index contributed by atoms with van der Waals surface area (Å²) in [5.41, 5.74) is 0. The second kappa shape index (κ2) is 6.97. The zero-order valence-electron chi connectivity index (χ0n) is 11.3. The molecule has 1 aliphatic heterocycles. The van der Waals surface area contributed by atoms with Gasteiger partial charge in [0.05, 0.1) is 5.92 Å². The molecule has 100 valence electrons. The van der Waals surface area contributed by atoms with Crippen LogP contribution in [0.2, 0.25) is 0 Å². The summed E-state index contributed by atoms with van der Waals surface area (Å²) in [5.74, 6) is 0.361. The van der Waals surface area contributed by atoms with Gasteiger partial charge in [0.25, 0.3) is 0 Å². The molecule has 1 saturated heterocycles. The highest BCUT2D eigenvalue weighted by molar-refractivity contribution is 5.79. The molecular weight excluding hydrogens is 216 g/mol. The predicted octanol–water partition coefficient (Wildman–Crippen LogP) is 0.994. The first-order valence-corrected chi connectivity index (χ1v) is 6.71. The first-order valence-electron chi connectivity index (χ1n) is 6.71. The number of nitrogens with one attached hydrogen (secondary N) is 1. The summed E-state index contributed by atoms with van der Waals surface area (Å²) in [6, 6.07) is 0.748. The van der Waals surface area contributed by atoms with E-state index in [4.69, 9.17) is 5.11 Å². The van der Waals surface area contributed by atoms with E-state index >= 15 is 0 Å². The Bertz CT molecular complexity index is 236. The van der Waals surface area contributed by atoms with Crippen LogP contribution < -0.4 is 5.32 Å². The molecule has 1 fully saturated rings. The maximum absolute atomic E-state index is 12.4. The molecule has 1 rings (SSSR count). The van der Waals surface area contributed by atoms with Crippen molar-refractivity contribution in [3.8, 4) is 0 Å². The van der Waals surface area contributed by atoms with E-state index in [2.05, 4.69) is 12.2 Å². The Morgan fingerprint density at radius 3 is 2.65 bits per heavy atom. The molecule has 0 bridgehead atoms. The molecule has 0 radical (unpaired) electrons. The van der Waals surface area contributed by atoms with E-state index in [1.807, 2.05) is 18.7 Å². The first-order chi connectivity index (χ1) is 8.06. The largest absolute Gasteiger partial charge is 0.396 e. The molecule has 2 unspecified atom stereocenters. The van der Waals surface area contributed by atoms with Crippen LogP contribution in [0.25, 0.3) is 0 Å². The van der Waals surface area contributed by atoms with E-state index in [0.717, 1.165) is 19.4 Å². The maximum Gasteiger partial charge on any atom is 0.227 e. The lowest BCUT2D eigenvalue weighted by Gasteiger charge is -2.34. The lowest BCUT2D eigenvalue weighted by molar-refractivity contribution is -0.138. The maximum atomic E-state index is 12.4. The number of amides is 1. The normalized spacial score (nSPS) is 25.0. The van der Waals surface area contributed by atoms with Crippen LogP contribution in [-0.2, 0) is 4.79 Å². The van der Waals surface area contributed by atoms with E-state index in [1.165, 1.54) is 0 Å². The second-order valence-corrected chi connectivity index (χ2v) is 5.29. The minimum Gasteiger partial charge on any atom is -0.396 e. The van der Waals surface area contributed by atoms with Crippen LogP contribution in [-0.4, -0.2) is 47.7 Å². The summed E-state index contributed by atoms with van der Waals surface area (Å²) in [6.45, 7) is 7.84. The lowest BCUT2D eigenvalue weighted by atomic mass is 9.94. The van der Waals surface area contributed by atoms with Crippen LogP contribution in [0.4, 0.5) is 0 Å². The van der Waals surface area contributed by atoms with E-state index in [0.29, 0.717) is 19.0 Å². The van der Waals surface area contributed by atoms with E-state index in [9.17, 15) is 4.79 Å². The Balaban J connectivity index is 2.52. The first kappa shape index (κ1) is 14.5. The molecule has 4 nitrogen and oxygen atoms in total. The van der Waals surface area contributed by atoms with Crippen LogP contribution in [0.5, 0.6) is 0 Å². The molecule has 2 atom stereocenters. The van der Waals surface area contributed by atoms with Crippen LogP contribution in [0, 0.1) is 5.92 Å².